The summed E-state index contributed by atoms with van der Waals surface area (Å²) in [7, 11) is 0. The molecule has 0 aliphatic carbocycles. The SMILES string of the molecule is O=C(Nc1ccc(-c2csnn2)cc1)c1cc(F)ccc1[N+](=O)[O-]. The molecule has 7 nitrogen and oxygen atoms in total. The fraction of sp³-hybridized carbons (Fsp3) is 0. The maximum atomic E-state index is 13.3. The van der Waals surface area contributed by atoms with Crippen LogP contribution in [0.4, 0.5) is 15.8 Å². The van der Waals surface area contributed by atoms with Gasteiger partial charge in [-0.2, -0.15) is 0 Å². The molecule has 0 saturated carbocycles. The minimum atomic E-state index is -0.760. The van der Waals surface area contributed by atoms with Crippen LogP contribution in [0.15, 0.2) is 47.8 Å². The van der Waals surface area contributed by atoms with Gasteiger partial charge in [0.15, 0.2) is 0 Å². The number of carbonyl (C=O) groups is 1. The highest BCUT2D eigenvalue weighted by atomic mass is 32.1. The Morgan fingerprint density at radius 2 is 1.96 bits per heavy atom. The number of hydrogen-bond acceptors (Lipinski definition) is 6. The molecule has 9 heteroatoms. The van der Waals surface area contributed by atoms with Gasteiger partial charge in [0.05, 0.1) is 4.92 Å². The molecule has 24 heavy (non-hydrogen) atoms. The summed E-state index contributed by atoms with van der Waals surface area (Å²) in [5, 5.41) is 19.2. The van der Waals surface area contributed by atoms with E-state index in [1.165, 1.54) is 11.5 Å². The highest BCUT2D eigenvalue weighted by Gasteiger charge is 2.21. The number of hydrogen-bond donors (Lipinski definition) is 1. The number of rotatable bonds is 4. The fourth-order valence-electron chi connectivity index (χ4n) is 2.06. The number of nitro groups is 1. The van der Waals surface area contributed by atoms with Gasteiger partial charge >= 0.3 is 0 Å². The predicted molar refractivity (Wildman–Crippen MR) is 86.4 cm³/mol. The Morgan fingerprint density at radius 1 is 1.21 bits per heavy atom. The summed E-state index contributed by atoms with van der Waals surface area (Å²) in [5.41, 5.74) is 1.15. The smallest absolute Gasteiger partial charge is 0.282 e. The van der Waals surface area contributed by atoms with E-state index >= 15 is 0 Å². The zero-order valence-electron chi connectivity index (χ0n) is 12.0. The van der Waals surface area contributed by atoms with Gasteiger partial charge < -0.3 is 5.32 Å². The zero-order chi connectivity index (χ0) is 17.1. The maximum Gasteiger partial charge on any atom is 0.282 e. The normalized spacial score (nSPS) is 10.4. The molecule has 0 aliphatic heterocycles. The van der Waals surface area contributed by atoms with Crippen LogP contribution >= 0.6 is 11.5 Å². The number of carbonyl (C=O) groups excluding carboxylic acids is 1. The van der Waals surface area contributed by atoms with Crippen LogP contribution in [-0.4, -0.2) is 20.4 Å². The fourth-order valence-corrected chi connectivity index (χ4v) is 2.53. The van der Waals surface area contributed by atoms with Crippen molar-refractivity contribution in [3.8, 4) is 11.3 Å². The number of benzene rings is 2. The lowest BCUT2D eigenvalue weighted by atomic mass is 10.1. The Labute approximate surface area is 139 Å². The lowest BCUT2D eigenvalue weighted by Crippen LogP contribution is -2.14. The first-order chi connectivity index (χ1) is 11.5. The van der Waals surface area contributed by atoms with Gasteiger partial charge in [-0.3, -0.25) is 14.9 Å². The van der Waals surface area contributed by atoms with E-state index in [9.17, 15) is 19.3 Å². The van der Waals surface area contributed by atoms with Crippen molar-refractivity contribution in [1.29, 1.82) is 0 Å². The predicted octanol–water partition coefficient (Wildman–Crippen LogP) is 3.50. The molecule has 0 radical (unpaired) electrons. The van der Waals surface area contributed by atoms with Crippen LogP contribution in [0.2, 0.25) is 0 Å². The van der Waals surface area contributed by atoms with Crippen molar-refractivity contribution >= 4 is 28.8 Å². The summed E-state index contributed by atoms with van der Waals surface area (Å²) in [6.07, 6.45) is 0. The van der Waals surface area contributed by atoms with Crippen molar-refractivity contribution in [3.05, 3.63) is 69.3 Å². The molecule has 0 saturated heterocycles. The average molecular weight is 344 g/mol. The summed E-state index contributed by atoms with van der Waals surface area (Å²) in [4.78, 5) is 22.4. The summed E-state index contributed by atoms with van der Waals surface area (Å²) in [6.45, 7) is 0. The lowest BCUT2D eigenvalue weighted by Gasteiger charge is -2.06. The number of nitro benzene ring substituents is 1. The van der Waals surface area contributed by atoms with Gasteiger partial charge in [0, 0.05) is 22.7 Å². The average Bonchev–Trinajstić information content (AvgIpc) is 3.09. The quantitative estimate of drug-likeness (QED) is 0.577. The van der Waals surface area contributed by atoms with Crippen molar-refractivity contribution in [2.45, 2.75) is 0 Å². The first-order valence-corrected chi connectivity index (χ1v) is 7.51. The first kappa shape index (κ1) is 15.7. The molecule has 3 aromatic rings. The van der Waals surface area contributed by atoms with E-state index in [-0.39, 0.29) is 5.56 Å². The van der Waals surface area contributed by atoms with Gasteiger partial charge in [0.1, 0.15) is 17.1 Å². The molecule has 1 aromatic heterocycles. The van der Waals surface area contributed by atoms with Crippen molar-refractivity contribution in [2.75, 3.05) is 5.32 Å². The standard InChI is InChI=1S/C15H9FN4O3S/c16-10-3-6-14(20(22)23)12(7-10)15(21)17-11-4-1-9(2-5-11)13-8-24-19-18-13/h1-8H,(H,17,21). The molecule has 2 aromatic carbocycles. The van der Waals surface area contributed by atoms with Crippen LogP contribution in [-0.2, 0) is 0 Å². The van der Waals surface area contributed by atoms with E-state index in [4.69, 9.17) is 0 Å². The third kappa shape index (κ3) is 3.25. The van der Waals surface area contributed by atoms with Crippen molar-refractivity contribution in [1.82, 2.24) is 9.59 Å². The molecule has 0 spiro atoms. The van der Waals surface area contributed by atoms with Crippen molar-refractivity contribution in [3.63, 3.8) is 0 Å². The van der Waals surface area contributed by atoms with Crippen LogP contribution in [0.25, 0.3) is 11.3 Å². The van der Waals surface area contributed by atoms with Crippen LogP contribution in [0.5, 0.6) is 0 Å². The van der Waals surface area contributed by atoms with E-state index in [0.29, 0.717) is 11.4 Å². The second kappa shape index (κ2) is 6.50. The summed E-state index contributed by atoms with van der Waals surface area (Å²) in [5.74, 6) is -1.48. The van der Waals surface area contributed by atoms with Crippen molar-refractivity contribution in [2.24, 2.45) is 0 Å². The first-order valence-electron chi connectivity index (χ1n) is 6.67. The summed E-state index contributed by atoms with van der Waals surface area (Å²) in [6, 6.07) is 9.44. The minimum absolute atomic E-state index is 0.340. The van der Waals surface area contributed by atoms with E-state index < -0.39 is 22.3 Å². The molecule has 0 bridgehead atoms. The Hall–Kier alpha value is -3.20. The number of aromatic nitrogens is 2. The summed E-state index contributed by atoms with van der Waals surface area (Å²) >= 11 is 1.22. The van der Waals surface area contributed by atoms with E-state index in [0.717, 1.165) is 23.8 Å². The second-order valence-electron chi connectivity index (χ2n) is 4.74. The van der Waals surface area contributed by atoms with E-state index in [2.05, 4.69) is 14.9 Å². The molecule has 0 atom stereocenters. The van der Waals surface area contributed by atoms with E-state index in [1.807, 2.05) is 0 Å². The second-order valence-corrected chi connectivity index (χ2v) is 5.35. The topological polar surface area (TPSA) is 98.0 Å². The van der Waals surface area contributed by atoms with Gasteiger partial charge in [-0.15, -0.1) is 5.10 Å². The number of nitrogens with zero attached hydrogens (tertiary/aromatic N) is 3. The van der Waals surface area contributed by atoms with Crippen LogP contribution in [0.1, 0.15) is 10.4 Å². The third-order valence-electron chi connectivity index (χ3n) is 3.20. The zero-order valence-corrected chi connectivity index (χ0v) is 12.8. The molecule has 3 rings (SSSR count). The molecule has 1 heterocycles. The minimum Gasteiger partial charge on any atom is -0.322 e. The van der Waals surface area contributed by atoms with Crippen molar-refractivity contribution < 1.29 is 14.1 Å². The van der Waals surface area contributed by atoms with Gasteiger partial charge in [-0.25, -0.2) is 4.39 Å². The highest BCUT2D eigenvalue weighted by molar-refractivity contribution is 7.03. The monoisotopic (exact) mass is 344 g/mol. The molecular weight excluding hydrogens is 335 g/mol. The Bertz CT molecular complexity index is 898. The van der Waals surface area contributed by atoms with E-state index in [1.54, 1.807) is 29.6 Å². The van der Waals surface area contributed by atoms with Crippen LogP contribution in [0.3, 0.4) is 0 Å². The Balaban J connectivity index is 1.83. The largest absolute Gasteiger partial charge is 0.322 e. The highest BCUT2D eigenvalue weighted by Crippen LogP contribution is 2.23. The summed E-state index contributed by atoms with van der Waals surface area (Å²) < 4.78 is 17.1. The molecular formula is C15H9FN4O3S. The van der Waals surface area contributed by atoms with Crippen LogP contribution in [0, 0.1) is 15.9 Å². The van der Waals surface area contributed by atoms with Crippen LogP contribution < -0.4 is 5.32 Å². The van der Waals surface area contributed by atoms with Gasteiger partial charge in [-0.1, -0.05) is 16.6 Å². The Morgan fingerprint density at radius 3 is 2.58 bits per heavy atom. The number of anilines is 1. The number of halogens is 1. The molecule has 0 fully saturated rings. The molecule has 0 unspecified atom stereocenters. The lowest BCUT2D eigenvalue weighted by molar-refractivity contribution is -0.385. The third-order valence-corrected chi connectivity index (χ3v) is 3.70. The number of amides is 1. The van der Waals surface area contributed by atoms with Gasteiger partial charge in [0.25, 0.3) is 11.6 Å². The molecule has 120 valence electrons. The number of nitrogens with one attached hydrogen (secondary N) is 1. The Kier molecular flexibility index (Phi) is 4.25. The van der Waals surface area contributed by atoms with Gasteiger partial charge in [-0.05, 0) is 35.8 Å². The maximum absolute atomic E-state index is 13.3. The molecule has 0 aliphatic rings. The molecule has 1 N–H and O–H groups in total. The van der Waals surface area contributed by atoms with Gasteiger partial charge in [0.2, 0.25) is 0 Å². The molecule has 1 amide bonds.